The fourth-order valence-corrected chi connectivity index (χ4v) is 4.66. The van der Waals surface area contributed by atoms with Crippen molar-refractivity contribution in [1.29, 1.82) is 0 Å². The summed E-state index contributed by atoms with van der Waals surface area (Å²) in [5, 5.41) is 0. The average Bonchev–Trinajstić information content (AvgIpc) is 2.25. The lowest BCUT2D eigenvalue weighted by Gasteiger charge is -2.33. The molecule has 4 nitrogen and oxygen atoms in total. The van der Waals surface area contributed by atoms with Crippen LogP contribution in [0.5, 0.6) is 0 Å². The summed E-state index contributed by atoms with van der Waals surface area (Å²) >= 11 is 0. The summed E-state index contributed by atoms with van der Waals surface area (Å²) in [5.41, 5.74) is 8.11. The van der Waals surface area contributed by atoms with E-state index in [1.807, 2.05) is 39.0 Å². The predicted molar refractivity (Wildman–Crippen MR) is 79.8 cm³/mol. The zero-order valence-corrected chi connectivity index (χ0v) is 12.6. The standard InChI is InChI=1S/C14H22N2O2S/c1-14(2,3)10-19(17,18)16-9-5-6-11-12(15)7-4-8-13(11)16/h4,7-8H,5-6,9-10,15H2,1-3H3. The highest BCUT2D eigenvalue weighted by atomic mass is 32.2. The third-order valence-electron chi connectivity index (χ3n) is 3.20. The molecule has 2 N–H and O–H groups in total. The van der Waals surface area contributed by atoms with Gasteiger partial charge >= 0.3 is 0 Å². The molecule has 1 aliphatic rings. The minimum Gasteiger partial charge on any atom is -0.398 e. The zero-order valence-electron chi connectivity index (χ0n) is 11.8. The summed E-state index contributed by atoms with van der Waals surface area (Å²) in [7, 11) is -3.29. The van der Waals surface area contributed by atoms with Crippen LogP contribution in [0.2, 0.25) is 0 Å². The van der Waals surface area contributed by atoms with Crippen molar-refractivity contribution in [3.63, 3.8) is 0 Å². The third kappa shape index (κ3) is 3.03. The molecular weight excluding hydrogens is 260 g/mol. The van der Waals surface area contributed by atoms with Crippen molar-refractivity contribution in [1.82, 2.24) is 0 Å². The SMILES string of the molecule is CC(C)(C)CS(=O)(=O)N1CCCc2c(N)cccc21. The Hall–Kier alpha value is -1.23. The highest BCUT2D eigenvalue weighted by Gasteiger charge is 2.31. The Balaban J connectivity index is 2.42. The maximum atomic E-state index is 12.6. The van der Waals surface area contributed by atoms with Gasteiger partial charge in [0, 0.05) is 12.2 Å². The van der Waals surface area contributed by atoms with Crippen molar-refractivity contribution >= 4 is 21.4 Å². The van der Waals surface area contributed by atoms with E-state index in [2.05, 4.69) is 0 Å². The first-order chi connectivity index (χ1) is 8.71. The van der Waals surface area contributed by atoms with E-state index >= 15 is 0 Å². The van der Waals surface area contributed by atoms with Crippen LogP contribution < -0.4 is 10.0 Å². The van der Waals surface area contributed by atoms with Gasteiger partial charge in [0.1, 0.15) is 0 Å². The van der Waals surface area contributed by atoms with Gasteiger partial charge in [-0.25, -0.2) is 8.42 Å². The number of nitrogens with two attached hydrogens (primary N) is 1. The van der Waals surface area contributed by atoms with Crippen LogP contribution in [0.4, 0.5) is 11.4 Å². The van der Waals surface area contributed by atoms with Crippen molar-refractivity contribution in [2.75, 3.05) is 22.3 Å². The summed E-state index contributed by atoms with van der Waals surface area (Å²) in [6.07, 6.45) is 1.67. The largest absolute Gasteiger partial charge is 0.398 e. The molecule has 1 aromatic rings. The second kappa shape index (κ2) is 4.71. The Labute approximate surface area is 115 Å². The average molecular weight is 282 g/mol. The van der Waals surface area contributed by atoms with Crippen molar-refractivity contribution in [2.24, 2.45) is 5.41 Å². The summed E-state index contributed by atoms with van der Waals surface area (Å²) in [6, 6.07) is 5.50. The Morgan fingerprint density at radius 3 is 2.63 bits per heavy atom. The van der Waals surface area contributed by atoms with Gasteiger partial charge in [-0.1, -0.05) is 26.8 Å². The maximum Gasteiger partial charge on any atom is 0.235 e. The van der Waals surface area contributed by atoms with Gasteiger partial charge in [-0.15, -0.1) is 0 Å². The molecule has 1 aliphatic heterocycles. The van der Waals surface area contributed by atoms with Gasteiger partial charge in [-0.3, -0.25) is 4.31 Å². The topological polar surface area (TPSA) is 63.4 Å². The van der Waals surface area contributed by atoms with Gasteiger partial charge in [-0.2, -0.15) is 0 Å². The molecule has 0 saturated carbocycles. The minimum absolute atomic E-state index is 0.147. The first-order valence-corrected chi connectivity index (χ1v) is 8.19. The molecule has 0 atom stereocenters. The summed E-state index contributed by atoms with van der Waals surface area (Å²) < 4.78 is 26.7. The van der Waals surface area contributed by atoms with Gasteiger partial charge in [0.2, 0.25) is 10.0 Å². The first-order valence-electron chi connectivity index (χ1n) is 6.58. The number of hydrogen-bond acceptors (Lipinski definition) is 3. The molecule has 0 radical (unpaired) electrons. The highest BCUT2D eigenvalue weighted by molar-refractivity contribution is 7.92. The first kappa shape index (κ1) is 14.2. The molecule has 5 heteroatoms. The normalized spacial score (nSPS) is 16.3. The lowest BCUT2D eigenvalue weighted by molar-refractivity contribution is 0.460. The Morgan fingerprint density at radius 1 is 1.32 bits per heavy atom. The van der Waals surface area contributed by atoms with E-state index in [-0.39, 0.29) is 11.2 Å². The molecule has 0 amide bonds. The molecule has 106 valence electrons. The molecule has 0 aliphatic carbocycles. The number of fused-ring (bicyclic) bond motifs is 1. The van der Waals surface area contributed by atoms with Crippen LogP contribution in [-0.2, 0) is 16.4 Å². The second-order valence-corrected chi connectivity index (χ2v) is 8.23. The number of rotatable bonds is 2. The predicted octanol–water partition coefficient (Wildman–Crippen LogP) is 2.40. The number of nitrogen functional groups attached to an aromatic ring is 1. The number of anilines is 2. The molecule has 0 spiro atoms. The van der Waals surface area contributed by atoms with Gasteiger partial charge in [0.15, 0.2) is 0 Å². The van der Waals surface area contributed by atoms with Crippen LogP contribution in [0.1, 0.15) is 32.8 Å². The van der Waals surface area contributed by atoms with E-state index in [1.165, 1.54) is 4.31 Å². The van der Waals surface area contributed by atoms with E-state index in [1.54, 1.807) is 0 Å². The summed E-state index contributed by atoms with van der Waals surface area (Å²) in [4.78, 5) is 0. The van der Waals surface area contributed by atoms with Gasteiger partial charge in [0.25, 0.3) is 0 Å². The number of sulfonamides is 1. The van der Waals surface area contributed by atoms with Gasteiger partial charge < -0.3 is 5.73 Å². The zero-order chi connectivity index (χ0) is 14.3. The van der Waals surface area contributed by atoms with Gasteiger partial charge in [-0.05, 0) is 36.0 Å². The van der Waals surface area contributed by atoms with Crippen molar-refractivity contribution in [3.05, 3.63) is 23.8 Å². The third-order valence-corrected chi connectivity index (χ3v) is 5.48. The van der Waals surface area contributed by atoms with Gasteiger partial charge in [0.05, 0.1) is 11.4 Å². The minimum atomic E-state index is -3.29. The molecular formula is C14H22N2O2S. The molecule has 1 heterocycles. The van der Waals surface area contributed by atoms with Crippen LogP contribution in [0.3, 0.4) is 0 Å². The van der Waals surface area contributed by atoms with E-state index in [0.717, 1.165) is 24.1 Å². The van der Waals surface area contributed by atoms with Crippen LogP contribution in [0, 0.1) is 5.41 Å². The molecule has 0 bridgehead atoms. The Bertz CT molecular complexity index is 574. The smallest absolute Gasteiger partial charge is 0.235 e. The molecule has 19 heavy (non-hydrogen) atoms. The van der Waals surface area contributed by atoms with Crippen LogP contribution in [0.25, 0.3) is 0 Å². The quantitative estimate of drug-likeness (QED) is 0.847. The molecule has 0 unspecified atom stereocenters. The number of hydrogen-bond donors (Lipinski definition) is 1. The molecule has 2 rings (SSSR count). The van der Waals surface area contributed by atoms with E-state index in [4.69, 9.17) is 5.73 Å². The van der Waals surface area contributed by atoms with Crippen LogP contribution in [0.15, 0.2) is 18.2 Å². The fourth-order valence-electron chi connectivity index (χ4n) is 2.53. The second-order valence-electron chi connectivity index (χ2n) is 6.34. The van der Waals surface area contributed by atoms with Crippen molar-refractivity contribution in [2.45, 2.75) is 33.6 Å². The Morgan fingerprint density at radius 2 is 2.00 bits per heavy atom. The maximum absolute atomic E-state index is 12.6. The van der Waals surface area contributed by atoms with Crippen molar-refractivity contribution in [3.8, 4) is 0 Å². The Kier molecular flexibility index (Phi) is 3.51. The van der Waals surface area contributed by atoms with E-state index in [9.17, 15) is 8.42 Å². The van der Waals surface area contributed by atoms with Crippen LogP contribution in [-0.4, -0.2) is 20.7 Å². The number of nitrogens with zero attached hydrogens (tertiary/aromatic N) is 1. The monoisotopic (exact) mass is 282 g/mol. The molecule has 1 aromatic carbocycles. The van der Waals surface area contributed by atoms with E-state index in [0.29, 0.717) is 12.2 Å². The van der Waals surface area contributed by atoms with E-state index < -0.39 is 10.0 Å². The van der Waals surface area contributed by atoms with Crippen molar-refractivity contribution < 1.29 is 8.42 Å². The molecule has 0 aromatic heterocycles. The number of benzene rings is 1. The highest BCUT2D eigenvalue weighted by Crippen LogP contribution is 2.34. The fraction of sp³-hybridized carbons (Fsp3) is 0.571. The summed E-state index contributed by atoms with van der Waals surface area (Å²) in [5.74, 6) is 0.147. The summed E-state index contributed by atoms with van der Waals surface area (Å²) in [6.45, 7) is 6.37. The molecule has 0 fully saturated rings. The lowest BCUT2D eigenvalue weighted by Crippen LogP contribution is -2.40. The van der Waals surface area contributed by atoms with Crippen LogP contribution >= 0.6 is 0 Å². The lowest BCUT2D eigenvalue weighted by atomic mass is 10.0. The molecule has 0 saturated heterocycles.